The lowest BCUT2D eigenvalue weighted by molar-refractivity contribution is -0.271. The predicted octanol–water partition coefficient (Wildman–Crippen LogP) is 1.01. The maximum absolute atomic E-state index is 5.32. The fraction of sp³-hybridized carbons (Fsp3) is 1.00. The molecular weight excluding hydrogens is 130 g/mol. The Morgan fingerprint density at radius 2 is 2.20 bits per heavy atom. The largest absolute Gasteiger partial charge is 0.351 e. The molecule has 0 saturated carbocycles. The molecule has 0 amide bonds. The van der Waals surface area contributed by atoms with Gasteiger partial charge in [0, 0.05) is 27.1 Å². The number of hydrogen-bond donors (Lipinski definition) is 0. The molecule has 1 unspecified atom stereocenters. The van der Waals surface area contributed by atoms with Crippen LogP contribution in [0.4, 0.5) is 0 Å². The van der Waals surface area contributed by atoms with E-state index in [-0.39, 0.29) is 6.29 Å². The predicted molar refractivity (Wildman–Crippen MR) is 38.4 cm³/mol. The van der Waals surface area contributed by atoms with Crippen molar-refractivity contribution in [2.45, 2.75) is 25.6 Å². The van der Waals surface area contributed by atoms with E-state index in [1.165, 1.54) is 12.8 Å². The Balaban J connectivity index is 2.13. The highest BCUT2D eigenvalue weighted by Gasteiger charge is 2.14. The minimum atomic E-state index is 0.00347. The molecule has 1 aliphatic heterocycles. The molecular formula is C7H15NO2. The molecule has 3 heteroatoms. The van der Waals surface area contributed by atoms with Crippen molar-refractivity contribution in [2.24, 2.45) is 0 Å². The summed E-state index contributed by atoms with van der Waals surface area (Å²) in [7, 11) is 3.75. The smallest absolute Gasteiger partial charge is 0.177 e. The van der Waals surface area contributed by atoms with Crippen LogP contribution in [0, 0.1) is 0 Å². The maximum Gasteiger partial charge on any atom is 0.177 e. The number of nitrogens with zero attached hydrogens (tertiary/aromatic N) is 1. The lowest BCUT2D eigenvalue weighted by atomic mass is 10.2. The van der Waals surface area contributed by atoms with E-state index >= 15 is 0 Å². The third-order valence-electron chi connectivity index (χ3n) is 1.47. The Hall–Kier alpha value is -0.120. The fourth-order valence-electron chi connectivity index (χ4n) is 1.03. The highest BCUT2D eigenvalue weighted by atomic mass is 16.8. The molecule has 1 saturated heterocycles. The van der Waals surface area contributed by atoms with Gasteiger partial charge in [0.05, 0.1) is 0 Å². The average Bonchev–Trinajstić information content (AvgIpc) is 1.88. The molecule has 0 aromatic heterocycles. The van der Waals surface area contributed by atoms with Gasteiger partial charge in [0.25, 0.3) is 0 Å². The van der Waals surface area contributed by atoms with Crippen LogP contribution >= 0.6 is 0 Å². The van der Waals surface area contributed by atoms with E-state index in [2.05, 4.69) is 0 Å². The first kappa shape index (κ1) is 7.98. The third kappa shape index (κ3) is 2.64. The summed E-state index contributed by atoms with van der Waals surface area (Å²) in [6.07, 6.45) is 3.42. The van der Waals surface area contributed by atoms with Crippen LogP contribution in [-0.2, 0) is 9.57 Å². The molecule has 0 N–H and O–H groups in total. The van der Waals surface area contributed by atoms with Crippen molar-refractivity contribution in [3.05, 3.63) is 0 Å². The second-order valence-corrected chi connectivity index (χ2v) is 2.71. The molecule has 0 aliphatic carbocycles. The van der Waals surface area contributed by atoms with Gasteiger partial charge in [-0.05, 0) is 12.8 Å². The summed E-state index contributed by atoms with van der Waals surface area (Å²) in [5.74, 6) is 0. The van der Waals surface area contributed by atoms with Crippen molar-refractivity contribution in [3.63, 3.8) is 0 Å². The van der Waals surface area contributed by atoms with Gasteiger partial charge in [-0.25, -0.2) is 0 Å². The molecule has 0 radical (unpaired) electrons. The number of hydroxylamine groups is 2. The van der Waals surface area contributed by atoms with E-state index in [1.807, 2.05) is 14.1 Å². The minimum Gasteiger partial charge on any atom is -0.351 e. The highest BCUT2D eigenvalue weighted by molar-refractivity contribution is 4.52. The Bertz CT molecular complexity index is 89.6. The standard InChI is InChI=1S/C7H15NO2/c1-8(2)10-7-5-3-4-6-9-7/h7H,3-6H2,1-2H3. The van der Waals surface area contributed by atoms with Crippen molar-refractivity contribution in [1.29, 1.82) is 0 Å². The summed E-state index contributed by atoms with van der Waals surface area (Å²) in [4.78, 5) is 5.30. The van der Waals surface area contributed by atoms with Gasteiger partial charge >= 0.3 is 0 Å². The zero-order chi connectivity index (χ0) is 7.40. The summed E-state index contributed by atoms with van der Waals surface area (Å²) in [5.41, 5.74) is 0. The normalized spacial score (nSPS) is 27.3. The van der Waals surface area contributed by atoms with E-state index in [0.29, 0.717) is 0 Å². The van der Waals surface area contributed by atoms with Crippen LogP contribution in [0.3, 0.4) is 0 Å². The van der Waals surface area contributed by atoms with Gasteiger partial charge in [-0.2, -0.15) is 5.06 Å². The molecule has 1 heterocycles. The topological polar surface area (TPSA) is 21.7 Å². The maximum atomic E-state index is 5.32. The van der Waals surface area contributed by atoms with Gasteiger partial charge in [0.15, 0.2) is 6.29 Å². The van der Waals surface area contributed by atoms with E-state index in [1.54, 1.807) is 5.06 Å². The number of rotatable bonds is 2. The van der Waals surface area contributed by atoms with Crippen LogP contribution in [-0.4, -0.2) is 32.1 Å². The number of ether oxygens (including phenoxy) is 1. The summed E-state index contributed by atoms with van der Waals surface area (Å²) in [6, 6.07) is 0. The molecule has 0 spiro atoms. The van der Waals surface area contributed by atoms with Crippen LogP contribution in [0.2, 0.25) is 0 Å². The molecule has 1 aliphatic rings. The average molecular weight is 145 g/mol. The molecule has 1 fully saturated rings. The van der Waals surface area contributed by atoms with Gasteiger partial charge in [0.1, 0.15) is 0 Å². The first-order chi connectivity index (χ1) is 4.79. The minimum absolute atomic E-state index is 0.00347. The first-order valence-electron chi connectivity index (χ1n) is 3.75. The quantitative estimate of drug-likeness (QED) is 0.541. The van der Waals surface area contributed by atoms with E-state index in [4.69, 9.17) is 9.57 Å². The van der Waals surface area contributed by atoms with Gasteiger partial charge in [-0.1, -0.05) is 0 Å². The zero-order valence-corrected chi connectivity index (χ0v) is 6.67. The van der Waals surface area contributed by atoms with Crippen LogP contribution in [0.15, 0.2) is 0 Å². The van der Waals surface area contributed by atoms with E-state index in [0.717, 1.165) is 13.0 Å². The zero-order valence-electron chi connectivity index (χ0n) is 6.67. The Morgan fingerprint density at radius 3 is 2.70 bits per heavy atom. The van der Waals surface area contributed by atoms with Crippen LogP contribution < -0.4 is 0 Å². The summed E-state index contributed by atoms with van der Waals surface area (Å²) in [5, 5.41) is 1.69. The van der Waals surface area contributed by atoms with Gasteiger partial charge in [0.2, 0.25) is 0 Å². The molecule has 0 aromatic carbocycles. The molecule has 1 rings (SSSR count). The van der Waals surface area contributed by atoms with Gasteiger partial charge in [-0.15, -0.1) is 0 Å². The molecule has 3 nitrogen and oxygen atoms in total. The van der Waals surface area contributed by atoms with Crippen LogP contribution in [0.5, 0.6) is 0 Å². The SMILES string of the molecule is CN(C)OC1CCCCO1. The van der Waals surface area contributed by atoms with Crippen molar-refractivity contribution in [1.82, 2.24) is 5.06 Å². The Morgan fingerprint density at radius 1 is 1.40 bits per heavy atom. The monoisotopic (exact) mass is 145 g/mol. The lowest BCUT2D eigenvalue weighted by Crippen LogP contribution is -2.28. The van der Waals surface area contributed by atoms with Crippen molar-refractivity contribution < 1.29 is 9.57 Å². The van der Waals surface area contributed by atoms with Crippen molar-refractivity contribution in [2.75, 3.05) is 20.7 Å². The Kier molecular flexibility index (Phi) is 3.12. The first-order valence-corrected chi connectivity index (χ1v) is 3.75. The molecule has 0 aromatic rings. The fourth-order valence-corrected chi connectivity index (χ4v) is 1.03. The summed E-state index contributed by atoms with van der Waals surface area (Å²) >= 11 is 0. The van der Waals surface area contributed by atoms with Gasteiger partial charge < -0.3 is 4.74 Å². The summed E-state index contributed by atoms with van der Waals surface area (Å²) < 4.78 is 5.32. The number of hydrogen-bond acceptors (Lipinski definition) is 3. The van der Waals surface area contributed by atoms with Crippen LogP contribution in [0.25, 0.3) is 0 Å². The second kappa shape index (κ2) is 3.91. The van der Waals surface area contributed by atoms with E-state index < -0.39 is 0 Å². The molecule has 60 valence electrons. The highest BCUT2D eigenvalue weighted by Crippen LogP contribution is 2.13. The lowest BCUT2D eigenvalue weighted by Gasteiger charge is -2.24. The third-order valence-corrected chi connectivity index (χ3v) is 1.47. The van der Waals surface area contributed by atoms with Crippen molar-refractivity contribution >= 4 is 0 Å². The molecule has 10 heavy (non-hydrogen) atoms. The molecule has 1 atom stereocenters. The van der Waals surface area contributed by atoms with E-state index in [9.17, 15) is 0 Å². The van der Waals surface area contributed by atoms with Crippen molar-refractivity contribution in [3.8, 4) is 0 Å². The molecule has 0 bridgehead atoms. The van der Waals surface area contributed by atoms with Gasteiger partial charge in [-0.3, -0.25) is 4.84 Å². The second-order valence-electron chi connectivity index (χ2n) is 2.71. The Labute approximate surface area is 61.9 Å². The summed E-state index contributed by atoms with van der Waals surface area (Å²) in [6.45, 7) is 0.846. The van der Waals surface area contributed by atoms with Crippen LogP contribution in [0.1, 0.15) is 19.3 Å².